The largest absolute Gasteiger partial charge is 2.00 e. The number of thiophene rings is 1. The van der Waals surface area contributed by atoms with Crippen molar-refractivity contribution in [3.8, 4) is 0 Å². The normalized spacial score (nSPS) is 16.8. The van der Waals surface area contributed by atoms with Gasteiger partial charge >= 0.3 is 17.1 Å². The molecule has 0 saturated heterocycles. The summed E-state index contributed by atoms with van der Waals surface area (Å²) in [4.78, 5) is 27.8. The average molecular weight is 611 g/mol. The van der Waals surface area contributed by atoms with Crippen LogP contribution in [0.5, 0.6) is 0 Å². The van der Waals surface area contributed by atoms with E-state index in [-0.39, 0.29) is 41.0 Å². The third-order valence-electron chi connectivity index (χ3n) is 6.03. The van der Waals surface area contributed by atoms with E-state index in [0.29, 0.717) is 12.3 Å². The first-order chi connectivity index (χ1) is 17.6. The molecule has 2 saturated carbocycles. The molecule has 2 unspecified atom stereocenters. The summed E-state index contributed by atoms with van der Waals surface area (Å²) in [5.41, 5.74) is 1.94. The second kappa shape index (κ2) is 15.8. The van der Waals surface area contributed by atoms with E-state index < -0.39 is 5.92 Å². The Labute approximate surface area is 245 Å². The van der Waals surface area contributed by atoms with Gasteiger partial charge in [-0.1, -0.05) is 60.7 Å². The van der Waals surface area contributed by atoms with Crippen molar-refractivity contribution >= 4 is 38.8 Å². The molecule has 0 aliphatic heterocycles. The van der Waals surface area contributed by atoms with E-state index in [0.717, 1.165) is 20.5 Å². The number of Topliss-reactive ketones (excluding diaryl/α,β-unsaturated/α-hetero) is 2. The van der Waals surface area contributed by atoms with Gasteiger partial charge in [-0.05, 0) is 90.9 Å². The summed E-state index contributed by atoms with van der Waals surface area (Å²) < 4.78 is 0.973. The van der Waals surface area contributed by atoms with Crippen LogP contribution in [-0.2, 0) is 33.1 Å². The van der Waals surface area contributed by atoms with Gasteiger partial charge < -0.3 is 0 Å². The molecule has 10 radical (unpaired) electrons. The summed E-state index contributed by atoms with van der Waals surface area (Å²) in [6.45, 7) is 0. The molecular weight excluding hydrogens is 584 g/mol. The average Bonchev–Trinajstić information content (AvgIpc) is 3.70. The van der Waals surface area contributed by atoms with E-state index in [9.17, 15) is 9.59 Å². The Bertz CT molecular complexity index is 1080. The molecule has 1 aromatic heterocycles. The van der Waals surface area contributed by atoms with Gasteiger partial charge in [-0.15, -0.1) is 11.3 Å². The first-order valence-electron chi connectivity index (χ1n) is 11.9. The van der Waals surface area contributed by atoms with Gasteiger partial charge in [-0.3, -0.25) is 9.59 Å². The Morgan fingerprint density at radius 2 is 1.35 bits per heavy atom. The summed E-state index contributed by atoms with van der Waals surface area (Å²) in [5, 5.41) is 2.01. The number of benzene rings is 2. The molecule has 5 heteroatoms. The van der Waals surface area contributed by atoms with Crippen LogP contribution in [0, 0.1) is 63.7 Å². The Morgan fingerprint density at radius 3 is 1.89 bits per heavy atom. The maximum absolute atomic E-state index is 13.7. The molecule has 0 spiro atoms. The molecule has 0 bridgehead atoms. The third kappa shape index (κ3) is 9.03. The number of halogens is 1. The van der Waals surface area contributed by atoms with Crippen molar-refractivity contribution in [2.45, 2.75) is 24.7 Å². The van der Waals surface area contributed by atoms with Crippen LogP contribution in [0.3, 0.4) is 0 Å². The molecule has 2 aliphatic carbocycles. The number of ketones is 2. The minimum absolute atomic E-state index is 0. The second-order valence-corrected chi connectivity index (χ2v) is 10.4. The molecule has 2 aliphatic rings. The first kappa shape index (κ1) is 30.0. The van der Waals surface area contributed by atoms with Crippen LogP contribution in [0.15, 0.2) is 76.6 Å². The van der Waals surface area contributed by atoms with Crippen LogP contribution in [0.25, 0.3) is 0 Å². The second-order valence-electron chi connectivity index (χ2n) is 8.55. The first-order valence-corrected chi connectivity index (χ1v) is 13.6. The molecule has 2 fully saturated rings. The molecule has 2 aromatic carbocycles. The van der Waals surface area contributed by atoms with Gasteiger partial charge in [0, 0.05) is 39.4 Å². The van der Waals surface area contributed by atoms with Gasteiger partial charge in [0.2, 0.25) is 0 Å². The van der Waals surface area contributed by atoms with Crippen LogP contribution < -0.4 is 0 Å². The molecule has 2 atom stereocenters. The minimum Gasteiger partial charge on any atom is -0.299 e. The number of hydrogen-bond acceptors (Lipinski definition) is 3. The smallest absolute Gasteiger partial charge is 0.299 e. The van der Waals surface area contributed by atoms with Crippen LogP contribution >= 0.6 is 27.3 Å². The van der Waals surface area contributed by atoms with Gasteiger partial charge in [0.15, 0.2) is 0 Å². The summed E-state index contributed by atoms with van der Waals surface area (Å²) in [6.07, 6.45) is 18.1. The van der Waals surface area contributed by atoms with Crippen molar-refractivity contribution in [2.75, 3.05) is 0 Å². The van der Waals surface area contributed by atoms with Gasteiger partial charge in [0.25, 0.3) is 0 Å². The zero-order chi connectivity index (χ0) is 25.2. The van der Waals surface area contributed by atoms with Gasteiger partial charge in [-0.2, -0.15) is 0 Å². The predicted octanol–water partition coefficient (Wildman–Crippen LogP) is 7.57. The molecule has 2 nitrogen and oxygen atoms in total. The molecular formula is C32H27BrFeO2S+2. The summed E-state index contributed by atoms with van der Waals surface area (Å²) >= 11 is 5.13. The van der Waals surface area contributed by atoms with E-state index >= 15 is 0 Å². The van der Waals surface area contributed by atoms with Crippen LogP contribution in [-0.4, -0.2) is 11.6 Å². The van der Waals surface area contributed by atoms with Crippen molar-refractivity contribution in [2.24, 2.45) is 0 Å². The van der Waals surface area contributed by atoms with Crippen molar-refractivity contribution in [1.29, 1.82) is 0 Å². The molecule has 1 heterocycles. The van der Waals surface area contributed by atoms with E-state index in [1.807, 2.05) is 130 Å². The Hall–Kier alpha value is -1.52. The fraction of sp³-hybridized carbons (Fsp3) is 0.125. The zero-order valence-electron chi connectivity index (χ0n) is 20.1. The zero-order valence-corrected chi connectivity index (χ0v) is 23.7. The van der Waals surface area contributed by atoms with E-state index in [2.05, 4.69) is 15.9 Å². The number of carbonyl (C=O) groups excluding carboxylic acids is 2. The maximum atomic E-state index is 13.7. The number of rotatable bonds is 9. The van der Waals surface area contributed by atoms with Crippen molar-refractivity contribution < 1.29 is 26.7 Å². The standard InChI is InChI=1S/C27H22BrO2S.C5H5.Fe/c28-22-16-26(31-18-22)23(17-24(29)20-11-7-8-12-20)27(21-13-5-2-6-14-21)25(30)15-19-9-3-1-4-10-19;1-2-4-5-3-1;/h1-14,16,18,23,27H,15,17H2;1-5H;/q;;+2. The summed E-state index contributed by atoms with van der Waals surface area (Å²) in [5.74, 6) is 0.265. The maximum Gasteiger partial charge on any atom is 2.00 e. The SMILES string of the molecule is O=C(CC(c1cc(Br)cs1)C(C(=O)Cc1ccccc1)c1ccccc1)[C]1[CH][CH][CH][CH]1.[CH]1[CH][CH][CH][CH]1.[Fe+2]. The Kier molecular flexibility index (Phi) is 12.8. The molecule has 5 rings (SSSR count). The molecule has 0 amide bonds. The van der Waals surface area contributed by atoms with Gasteiger partial charge in [0.1, 0.15) is 11.6 Å². The summed E-state index contributed by atoms with van der Waals surface area (Å²) in [7, 11) is 0. The molecule has 37 heavy (non-hydrogen) atoms. The van der Waals surface area contributed by atoms with E-state index in [4.69, 9.17) is 0 Å². The number of hydrogen-bond donors (Lipinski definition) is 0. The monoisotopic (exact) mass is 610 g/mol. The topological polar surface area (TPSA) is 34.1 Å². The van der Waals surface area contributed by atoms with Crippen molar-refractivity contribution in [3.63, 3.8) is 0 Å². The number of carbonyl (C=O) groups is 2. The fourth-order valence-electron chi connectivity index (χ4n) is 4.31. The Balaban J connectivity index is 0.000000568. The Morgan fingerprint density at radius 1 is 0.784 bits per heavy atom. The van der Waals surface area contributed by atoms with Crippen LogP contribution in [0.4, 0.5) is 0 Å². The quantitative estimate of drug-likeness (QED) is 0.234. The van der Waals surface area contributed by atoms with Crippen molar-refractivity contribution in [3.05, 3.63) is 156 Å². The molecule has 0 N–H and O–H groups in total. The molecule has 186 valence electrons. The predicted molar refractivity (Wildman–Crippen MR) is 151 cm³/mol. The summed E-state index contributed by atoms with van der Waals surface area (Å²) in [6, 6.07) is 21.7. The van der Waals surface area contributed by atoms with E-state index in [1.54, 1.807) is 11.3 Å². The van der Waals surface area contributed by atoms with Crippen molar-refractivity contribution in [1.82, 2.24) is 0 Å². The van der Waals surface area contributed by atoms with E-state index in [1.165, 1.54) is 0 Å². The molecule has 3 aromatic rings. The van der Waals surface area contributed by atoms with Gasteiger partial charge in [-0.25, -0.2) is 0 Å². The van der Waals surface area contributed by atoms with Crippen LogP contribution in [0.2, 0.25) is 0 Å². The van der Waals surface area contributed by atoms with Crippen LogP contribution in [0.1, 0.15) is 34.3 Å². The minimum atomic E-state index is -0.397. The third-order valence-corrected chi connectivity index (χ3v) is 7.85. The fourth-order valence-corrected chi connectivity index (χ4v) is 5.90. The van der Waals surface area contributed by atoms with Gasteiger partial charge in [0.05, 0.1) is 5.92 Å².